The minimum atomic E-state index is -3.79. The molecule has 0 spiro atoms. The molecular formula is C17H19N3O5S. The van der Waals surface area contributed by atoms with E-state index in [9.17, 15) is 13.2 Å². The molecule has 0 radical (unpaired) electrons. The van der Waals surface area contributed by atoms with E-state index < -0.39 is 16.1 Å². The van der Waals surface area contributed by atoms with Gasteiger partial charge in [-0.2, -0.15) is 0 Å². The zero-order valence-corrected chi connectivity index (χ0v) is 14.9. The van der Waals surface area contributed by atoms with Crippen molar-refractivity contribution in [1.82, 2.24) is 10.6 Å². The van der Waals surface area contributed by atoms with Gasteiger partial charge in [0.25, 0.3) is 0 Å². The van der Waals surface area contributed by atoms with Crippen LogP contribution in [0.2, 0.25) is 0 Å². The highest BCUT2D eigenvalue weighted by molar-refractivity contribution is 7.89. The first-order valence-electron chi connectivity index (χ1n) is 7.88. The van der Waals surface area contributed by atoms with E-state index in [1.165, 1.54) is 12.1 Å². The number of ether oxygens (including phenoxy) is 2. The van der Waals surface area contributed by atoms with Crippen LogP contribution in [0, 0.1) is 0 Å². The summed E-state index contributed by atoms with van der Waals surface area (Å²) in [5.74, 6) is 1.33. The number of carbonyl (C=O) groups excluding carboxylic acids is 1. The zero-order valence-electron chi connectivity index (χ0n) is 14.1. The van der Waals surface area contributed by atoms with Crippen LogP contribution in [0.5, 0.6) is 11.5 Å². The maximum absolute atomic E-state index is 12.1. The molecule has 0 bridgehead atoms. The fourth-order valence-corrected chi connectivity index (χ4v) is 3.09. The third-order valence-electron chi connectivity index (χ3n) is 3.92. The first kappa shape index (κ1) is 18.0. The van der Waals surface area contributed by atoms with Gasteiger partial charge in [-0.3, -0.25) is 0 Å². The van der Waals surface area contributed by atoms with Crippen LogP contribution in [0.3, 0.4) is 0 Å². The van der Waals surface area contributed by atoms with Crippen LogP contribution in [0.1, 0.15) is 24.1 Å². The SMILES string of the molecule is CC(NC(=O)NCc1ccc2c(c1)OCO2)c1cccc(S(N)(=O)=O)c1. The predicted octanol–water partition coefficient (Wildman–Crippen LogP) is 1.62. The lowest BCUT2D eigenvalue weighted by molar-refractivity contribution is 0.174. The number of sulfonamides is 1. The Bertz CT molecular complexity index is 930. The summed E-state index contributed by atoms with van der Waals surface area (Å²) < 4.78 is 33.4. The van der Waals surface area contributed by atoms with Gasteiger partial charge in [-0.15, -0.1) is 0 Å². The Morgan fingerprint density at radius 2 is 1.96 bits per heavy atom. The van der Waals surface area contributed by atoms with Crippen LogP contribution in [0.15, 0.2) is 47.4 Å². The Hall–Kier alpha value is -2.78. The van der Waals surface area contributed by atoms with Gasteiger partial charge in [0.2, 0.25) is 16.8 Å². The highest BCUT2D eigenvalue weighted by Gasteiger charge is 2.15. The molecule has 0 saturated heterocycles. The number of nitrogens with one attached hydrogen (secondary N) is 2. The standard InChI is InChI=1S/C17H19N3O5S/c1-11(13-3-2-4-14(8-13)26(18,22)23)20-17(21)19-9-12-5-6-15-16(7-12)25-10-24-15/h2-8,11H,9-10H2,1H3,(H2,18,22,23)(H2,19,20,21). The summed E-state index contributed by atoms with van der Waals surface area (Å²) >= 11 is 0. The topological polar surface area (TPSA) is 120 Å². The first-order chi connectivity index (χ1) is 12.3. The number of primary sulfonamides is 1. The molecule has 4 N–H and O–H groups in total. The van der Waals surface area contributed by atoms with E-state index in [1.807, 2.05) is 12.1 Å². The first-order valence-corrected chi connectivity index (χ1v) is 9.43. The number of carbonyl (C=O) groups is 1. The Labute approximate surface area is 151 Å². The Balaban J connectivity index is 1.58. The summed E-state index contributed by atoms with van der Waals surface area (Å²) in [4.78, 5) is 12.1. The second kappa shape index (κ2) is 7.22. The smallest absolute Gasteiger partial charge is 0.315 e. The second-order valence-corrected chi connectivity index (χ2v) is 7.42. The number of amides is 2. The molecule has 3 rings (SSSR count). The maximum Gasteiger partial charge on any atom is 0.315 e. The van der Waals surface area contributed by atoms with Gasteiger partial charge in [0.05, 0.1) is 10.9 Å². The predicted molar refractivity (Wildman–Crippen MR) is 94.2 cm³/mol. The van der Waals surface area contributed by atoms with Crippen LogP contribution < -0.4 is 25.2 Å². The zero-order chi connectivity index (χ0) is 18.7. The summed E-state index contributed by atoms with van der Waals surface area (Å²) in [6.07, 6.45) is 0. The Morgan fingerprint density at radius 1 is 1.19 bits per heavy atom. The molecule has 2 aromatic rings. The van der Waals surface area contributed by atoms with E-state index in [1.54, 1.807) is 25.1 Å². The summed E-state index contributed by atoms with van der Waals surface area (Å²) in [7, 11) is -3.79. The van der Waals surface area contributed by atoms with Gasteiger partial charge in [0, 0.05) is 6.54 Å². The third-order valence-corrected chi connectivity index (χ3v) is 4.84. The van der Waals surface area contributed by atoms with Gasteiger partial charge >= 0.3 is 6.03 Å². The van der Waals surface area contributed by atoms with Gasteiger partial charge in [-0.25, -0.2) is 18.4 Å². The average Bonchev–Trinajstić information content (AvgIpc) is 3.07. The lowest BCUT2D eigenvalue weighted by Crippen LogP contribution is -2.36. The van der Waals surface area contributed by atoms with Crippen LogP contribution >= 0.6 is 0 Å². The Morgan fingerprint density at radius 3 is 2.73 bits per heavy atom. The maximum atomic E-state index is 12.1. The molecule has 9 heteroatoms. The highest BCUT2D eigenvalue weighted by atomic mass is 32.2. The molecule has 1 unspecified atom stereocenters. The highest BCUT2D eigenvalue weighted by Crippen LogP contribution is 2.32. The summed E-state index contributed by atoms with van der Waals surface area (Å²) in [6, 6.07) is 10.8. The van der Waals surface area contributed by atoms with E-state index >= 15 is 0 Å². The molecular weight excluding hydrogens is 358 g/mol. The van der Waals surface area contributed by atoms with Crippen molar-refractivity contribution in [3.8, 4) is 11.5 Å². The molecule has 0 aromatic heterocycles. The molecule has 1 heterocycles. The van der Waals surface area contributed by atoms with Gasteiger partial charge < -0.3 is 20.1 Å². The summed E-state index contributed by atoms with van der Waals surface area (Å²) in [6.45, 7) is 2.26. The normalized spacial score (nSPS) is 13.9. The van der Waals surface area contributed by atoms with Crippen molar-refractivity contribution in [1.29, 1.82) is 0 Å². The average molecular weight is 377 g/mol. The monoisotopic (exact) mass is 377 g/mol. The minimum absolute atomic E-state index is 0.00409. The van der Waals surface area contributed by atoms with Crippen molar-refractivity contribution in [2.45, 2.75) is 24.4 Å². The fourth-order valence-electron chi connectivity index (χ4n) is 2.53. The van der Waals surface area contributed by atoms with Crippen LogP contribution in [0.25, 0.3) is 0 Å². The van der Waals surface area contributed by atoms with E-state index in [0.717, 1.165) is 5.56 Å². The van der Waals surface area contributed by atoms with Crippen LogP contribution in [-0.4, -0.2) is 21.2 Å². The number of rotatable bonds is 5. The number of nitrogens with two attached hydrogens (primary N) is 1. The fraction of sp³-hybridized carbons (Fsp3) is 0.235. The minimum Gasteiger partial charge on any atom is -0.454 e. The molecule has 0 fully saturated rings. The lowest BCUT2D eigenvalue weighted by atomic mass is 10.1. The summed E-state index contributed by atoms with van der Waals surface area (Å²) in [5.41, 5.74) is 1.50. The van der Waals surface area contributed by atoms with E-state index in [4.69, 9.17) is 14.6 Å². The van der Waals surface area contributed by atoms with Gasteiger partial charge in [-0.1, -0.05) is 18.2 Å². The van der Waals surface area contributed by atoms with Crippen LogP contribution in [0.4, 0.5) is 4.79 Å². The molecule has 1 aliphatic heterocycles. The van der Waals surface area contributed by atoms with E-state index in [-0.39, 0.29) is 17.7 Å². The van der Waals surface area contributed by atoms with Crippen molar-refractivity contribution >= 4 is 16.1 Å². The van der Waals surface area contributed by atoms with Crippen molar-refractivity contribution in [2.75, 3.05) is 6.79 Å². The molecule has 2 aromatic carbocycles. The lowest BCUT2D eigenvalue weighted by Gasteiger charge is -2.16. The van der Waals surface area contributed by atoms with Crippen molar-refractivity contribution in [2.24, 2.45) is 5.14 Å². The molecule has 138 valence electrons. The number of benzene rings is 2. The number of hydrogen-bond acceptors (Lipinski definition) is 5. The van der Waals surface area contributed by atoms with Gasteiger partial charge in [0.15, 0.2) is 11.5 Å². The molecule has 2 amide bonds. The second-order valence-electron chi connectivity index (χ2n) is 5.85. The molecule has 26 heavy (non-hydrogen) atoms. The number of urea groups is 1. The Kier molecular flexibility index (Phi) is 5.01. The summed E-state index contributed by atoms with van der Waals surface area (Å²) in [5, 5.41) is 10.6. The molecule has 0 saturated carbocycles. The van der Waals surface area contributed by atoms with E-state index in [2.05, 4.69) is 10.6 Å². The van der Waals surface area contributed by atoms with Crippen molar-refractivity contribution in [3.63, 3.8) is 0 Å². The third kappa shape index (κ3) is 4.24. The molecule has 1 aliphatic rings. The van der Waals surface area contributed by atoms with E-state index in [0.29, 0.717) is 23.6 Å². The quantitative estimate of drug-likeness (QED) is 0.731. The molecule has 0 aliphatic carbocycles. The van der Waals surface area contributed by atoms with Gasteiger partial charge in [-0.05, 0) is 42.3 Å². The van der Waals surface area contributed by atoms with Gasteiger partial charge in [0.1, 0.15) is 0 Å². The molecule has 8 nitrogen and oxygen atoms in total. The van der Waals surface area contributed by atoms with Crippen molar-refractivity contribution in [3.05, 3.63) is 53.6 Å². The molecule has 1 atom stereocenters. The number of fused-ring (bicyclic) bond motifs is 1. The van der Waals surface area contributed by atoms with Crippen LogP contribution in [-0.2, 0) is 16.6 Å². The largest absolute Gasteiger partial charge is 0.454 e. The van der Waals surface area contributed by atoms with Crippen molar-refractivity contribution < 1.29 is 22.7 Å². The number of hydrogen-bond donors (Lipinski definition) is 3.